The Morgan fingerprint density at radius 3 is 2.94 bits per heavy atom. The number of anilines is 1. The Morgan fingerprint density at radius 2 is 2.10 bits per heavy atom. The molecule has 2 N–H and O–H groups in total. The highest BCUT2D eigenvalue weighted by molar-refractivity contribution is 5.90. The molecule has 1 aliphatic carbocycles. The molecule has 0 spiro atoms. The summed E-state index contributed by atoms with van der Waals surface area (Å²) in [6, 6.07) is 12.2. The molecule has 0 aliphatic heterocycles. The van der Waals surface area contributed by atoms with Crippen molar-refractivity contribution in [1.29, 1.82) is 0 Å². The van der Waals surface area contributed by atoms with E-state index in [4.69, 9.17) is 20.3 Å². The molecule has 1 unspecified atom stereocenters. The fourth-order valence-electron chi connectivity index (χ4n) is 4.86. The smallest absolute Gasteiger partial charge is 0.152 e. The SMILES string of the molecule is CCCn1cc2c3c(nc(N)c2n1)CCCC3CCCc1cc(-c2ccccc2)no1. The van der Waals surface area contributed by atoms with E-state index < -0.39 is 0 Å². The Labute approximate surface area is 182 Å². The maximum absolute atomic E-state index is 6.26. The van der Waals surface area contributed by atoms with E-state index in [1.165, 1.54) is 29.5 Å². The van der Waals surface area contributed by atoms with E-state index in [9.17, 15) is 0 Å². The molecule has 4 aromatic rings. The zero-order valence-electron chi connectivity index (χ0n) is 18.1. The quantitative estimate of drug-likeness (QED) is 0.430. The number of nitrogens with two attached hydrogens (primary N) is 1. The highest BCUT2D eigenvalue weighted by Crippen LogP contribution is 2.40. The van der Waals surface area contributed by atoms with Crippen LogP contribution in [0, 0.1) is 0 Å². The molecule has 6 heteroatoms. The standard InChI is InChI=1S/C25H29N5O/c1-2-14-30-16-20-23-18(11-7-13-21(23)27-25(26)24(20)28-30)10-6-12-19-15-22(29-31-19)17-8-4-3-5-9-17/h3-5,8-9,15-16,18H,2,6-7,10-14H2,1H3,(H2,26,27). The van der Waals surface area contributed by atoms with Gasteiger partial charge >= 0.3 is 0 Å². The number of hydrogen-bond acceptors (Lipinski definition) is 5. The first kappa shape index (κ1) is 19.8. The van der Waals surface area contributed by atoms with Gasteiger partial charge in [0, 0.05) is 41.9 Å². The number of benzene rings is 1. The zero-order chi connectivity index (χ0) is 21.2. The number of aromatic nitrogens is 4. The van der Waals surface area contributed by atoms with Gasteiger partial charge in [0.2, 0.25) is 0 Å². The molecule has 0 fully saturated rings. The van der Waals surface area contributed by atoms with Crippen LogP contribution in [-0.2, 0) is 19.4 Å². The van der Waals surface area contributed by atoms with Crippen molar-refractivity contribution < 1.29 is 4.52 Å². The molecule has 1 atom stereocenters. The third-order valence-corrected chi connectivity index (χ3v) is 6.29. The van der Waals surface area contributed by atoms with Crippen LogP contribution in [-0.4, -0.2) is 19.9 Å². The van der Waals surface area contributed by atoms with Gasteiger partial charge in [-0.05, 0) is 50.0 Å². The van der Waals surface area contributed by atoms with Crippen molar-refractivity contribution in [3.05, 3.63) is 59.6 Å². The summed E-state index contributed by atoms with van der Waals surface area (Å²) in [6.07, 6.45) is 9.65. The Balaban J connectivity index is 1.33. The molecular formula is C25H29N5O. The van der Waals surface area contributed by atoms with Gasteiger partial charge < -0.3 is 10.3 Å². The second-order valence-corrected chi connectivity index (χ2v) is 8.54. The topological polar surface area (TPSA) is 82.8 Å². The molecule has 0 saturated carbocycles. The number of hydrogen-bond donors (Lipinski definition) is 1. The first-order chi connectivity index (χ1) is 15.2. The third-order valence-electron chi connectivity index (χ3n) is 6.29. The Bertz CT molecular complexity index is 1180. The number of aryl methyl sites for hydroxylation is 3. The molecule has 3 aromatic heterocycles. The van der Waals surface area contributed by atoms with Crippen molar-refractivity contribution in [1.82, 2.24) is 19.9 Å². The molecular weight excluding hydrogens is 386 g/mol. The van der Waals surface area contributed by atoms with Crippen LogP contribution in [0.4, 0.5) is 5.82 Å². The predicted molar refractivity (Wildman–Crippen MR) is 123 cm³/mol. The molecule has 1 aromatic carbocycles. The first-order valence-corrected chi connectivity index (χ1v) is 11.4. The van der Waals surface area contributed by atoms with E-state index in [0.717, 1.165) is 61.2 Å². The van der Waals surface area contributed by atoms with Crippen LogP contribution in [0.2, 0.25) is 0 Å². The van der Waals surface area contributed by atoms with Gasteiger partial charge in [0.25, 0.3) is 0 Å². The molecule has 3 heterocycles. The molecule has 1 aliphatic rings. The van der Waals surface area contributed by atoms with Gasteiger partial charge in [0.05, 0.1) is 0 Å². The van der Waals surface area contributed by atoms with Crippen LogP contribution in [0.5, 0.6) is 0 Å². The van der Waals surface area contributed by atoms with Crippen molar-refractivity contribution >= 4 is 16.7 Å². The Kier molecular flexibility index (Phi) is 5.45. The number of pyridine rings is 1. The maximum Gasteiger partial charge on any atom is 0.152 e. The van der Waals surface area contributed by atoms with Gasteiger partial charge in [-0.2, -0.15) is 5.10 Å². The summed E-state index contributed by atoms with van der Waals surface area (Å²) in [7, 11) is 0. The molecule has 31 heavy (non-hydrogen) atoms. The van der Waals surface area contributed by atoms with E-state index in [0.29, 0.717) is 11.7 Å². The van der Waals surface area contributed by atoms with E-state index in [2.05, 4.69) is 36.5 Å². The summed E-state index contributed by atoms with van der Waals surface area (Å²) in [5.41, 5.74) is 11.7. The van der Waals surface area contributed by atoms with Crippen LogP contribution < -0.4 is 5.73 Å². The lowest BCUT2D eigenvalue weighted by atomic mass is 9.81. The van der Waals surface area contributed by atoms with Crippen LogP contribution >= 0.6 is 0 Å². The molecule has 0 bridgehead atoms. The molecule has 160 valence electrons. The fourth-order valence-corrected chi connectivity index (χ4v) is 4.86. The van der Waals surface area contributed by atoms with Crippen LogP contribution in [0.25, 0.3) is 22.2 Å². The second kappa shape index (κ2) is 8.53. The van der Waals surface area contributed by atoms with Crippen LogP contribution in [0.3, 0.4) is 0 Å². The highest BCUT2D eigenvalue weighted by Gasteiger charge is 2.26. The number of nitrogens with zero attached hydrogens (tertiary/aromatic N) is 4. The van der Waals surface area contributed by atoms with Crippen LogP contribution in [0.1, 0.15) is 62.0 Å². The molecule has 0 amide bonds. The summed E-state index contributed by atoms with van der Waals surface area (Å²) in [5, 5.41) is 10.2. The van der Waals surface area contributed by atoms with Gasteiger partial charge in [-0.3, -0.25) is 4.68 Å². The minimum atomic E-state index is 0.496. The summed E-state index contributed by atoms with van der Waals surface area (Å²) < 4.78 is 7.62. The minimum absolute atomic E-state index is 0.496. The van der Waals surface area contributed by atoms with Gasteiger partial charge in [-0.1, -0.05) is 42.4 Å². The van der Waals surface area contributed by atoms with Crippen molar-refractivity contribution in [3.8, 4) is 11.3 Å². The Hall–Kier alpha value is -3.15. The van der Waals surface area contributed by atoms with E-state index >= 15 is 0 Å². The number of nitrogen functional groups attached to an aromatic ring is 1. The van der Waals surface area contributed by atoms with Crippen LogP contribution in [0.15, 0.2) is 47.1 Å². The average Bonchev–Trinajstić information content (AvgIpc) is 3.42. The van der Waals surface area contributed by atoms with Crippen molar-refractivity contribution in [2.24, 2.45) is 0 Å². The van der Waals surface area contributed by atoms with E-state index in [1.807, 2.05) is 22.9 Å². The summed E-state index contributed by atoms with van der Waals surface area (Å²) in [6.45, 7) is 3.07. The minimum Gasteiger partial charge on any atom is -0.382 e. The highest BCUT2D eigenvalue weighted by atomic mass is 16.5. The number of rotatable bonds is 7. The van der Waals surface area contributed by atoms with Gasteiger partial charge in [0.1, 0.15) is 17.0 Å². The summed E-state index contributed by atoms with van der Waals surface area (Å²) in [4.78, 5) is 4.74. The zero-order valence-corrected chi connectivity index (χ0v) is 18.1. The largest absolute Gasteiger partial charge is 0.382 e. The molecule has 0 saturated heterocycles. The normalized spacial score (nSPS) is 16.0. The lowest BCUT2D eigenvalue weighted by Gasteiger charge is -2.25. The molecule has 5 rings (SSSR count). The van der Waals surface area contributed by atoms with Gasteiger partial charge in [-0.15, -0.1) is 0 Å². The Morgan fingerprint density at radius 1 is 1.23 bits per heavy atom. The summed E-state index contributed by atoms with van der Waals surface area (Å²) >= 11 is 0. The maximum atomic E-state index is 6.26. The van der Waals surface area contributed by atoms with Gasteiger partial charge in [-0.25, -0.2) is 4.98 Å². The fraction of sp³-hybridized carbons (Fsp3) is 0.400. The second-order valence-electron chi connectivity index (χ2n) is 8.54. The van der Waals surface area contributed by atoms with E-state index in [-0.39, 0.29) is 0 Å². The third kappa shape index (κ3) is 3.94. The van der Waals surface area contributed by atoms with Crippen molar-refractivity contribution in [2.75, 3.05) is 5.73 Å². The number of fused-ring (bicyclic) bond motifs is 3. The summed E-state index contributed by atoms with van der Waals surface area (Å²) in [5.74, 6) is 2.01. The monoisotopic (exact) mass is 415 g/mol. The molecule has 6 nitrogen and oxygen atoms in total. The van der Waals surface area contributed by atoms with Crippen molar-refractivity contribution in [3.63, 3.8) is 0 Å². The van der Waals surface area contributed by atoms with Gasteiger partial charge in [0.15, 0.2) is 5.82 Å². The average molecular weight is 416 g/mol. The van der Waals surface area contributed by atoms with E-state index in [1.54, 1.807) is 0 Å². The first-order valence-electron chi connectivity index (χ1n) is 11.4. The molecule has 0 radical (unpaired) electrons. The predicted octanol–water partition coefficient (Wildman–Crippen LogP) is 5.52. The lowest BCUT2D eigenvalue weighted by molar-refractivity contribution is 0.377. The van der Waals surface area contributed by atoms with Crippen molar-refractivity contribution in [2.45, 2.75) is 64.3 Å². The lowest BCUT2D eigenvalue weighted by Crippen LogP contribution is -2.13.